The van der Waals surface area contributed by atoms with Crippen LogP contribution in [0, 0.1) is 0 Å². The second-order valence-electron chi connectivity index (χ2n) is 4.78. The molecular formula is C13H18N4OS2. The normalized spacial score (nSPS) is 16.8. The molecule has 0 saturated carbocycles. The van der Waals surface area contributed by atoms with Gasteiger partial charge in [0.2, 0.25) is 0 Å². The fraction of sp³-hybridized carbons (Fsp3) is 0.538. The van der Waals surface area contributed by atoms with E-state index < -0.39 is 0 Å². The molecule has 0 aliphatic carbocycles. The zero-order valence-corrected chi connectivity index (χ0v) is 12.9. The van der Waals surface area contributed by atoms with Crippen LogP contribution >= 0.6 is 23.1 Å². The first-order valence-electron chi connectivity index (χ1n) is 6.80. The lowest BCUT2D eigenvalue weighted by molar-refractivity contribution is 0.300. The number of H-pyrrole nitrogens is 1. The molecule has 5 nitrogen and oxygen atoms in total. The summed E-state index contributed by atoms with van der Waals surface area (Å²) >= 11 is 3.46. The molecule has 0 aromatic carbocycles. The van der Waals surface area contributed by atoms with E-state index in [0.29, 0.717) is 11.2 Å². The van der Waals surface area contributed by atoms with Crippen LogP contribution in [0.4, 0.5) is 0 Å². The smallest absolute Gasteiger partial charge is 0.268 e. The van der Waals surface area contributed by atoms with Crippen molar-refractivity contribution in [3.05, 3.63) is 27.6 Å². The summed E-state index contributed by atoms with van der Waals surface area (Å²) in [5.74, 6) is 3.20. The van der Waals surface area contributed by atoms with Crippen LogP contribution < -0.4 is 10.9 Å². The van der Waals surface area contributed by atoms with Crippen molar-refractivity contribution in [3.8, 4) is 0 Å². The number of fused-ring (bicyclic) bond motifs is 1. The van der Waals surface area contributed by atoms with E-state index in [4.69, 9.17) is 0 Å². The molecule has 108 valence electrons. The zero-order chi connectivity index (χ0) is 13.8. The van der Waals surface area contributed by atoms with Crippen molar-refractivity contribution >= 4 is 33.3 Å². The van der Waals surface area contributed by atoms with Gasteiger partial charge < -0.3 is 15.2 Å². The topological polar surface area (TPSA) is 61.0 Å². The lowest BCUT2D eigenvalue weighted by Gasteiger charge is -2.25. The van der Waals surface area contributed by atoms with Crippen LogP contribution in [0.1, 0.15) is 5.82 Å². The van der Waals surface area contributed by atoms with Crippen molar-refractivity contribution in [2.45, 2.75) is 6.54 Å². The molecule has 7 heteroatoms. The molecule has 2 aromatic rings. The van der Waals surface area contributed by atoms with Crippen molar-refractivity contribution in [2.75, 3.05) is 37.7 Å². The van der Waals surface area contributed by atoms with Gasteiger partial charge in [-0.15, -0.1) is 11.3 Å². The monoisotopic (exact) mass is 310 g/mol. The first kappa shape index (κ1) is 14.1. The highest BCUT2D eigenvalue weighted by molar-refractivity contribution is 7.99. The van der Waals surface area contributed by atoms with Crippen LogP contribution in [0.2, 0.25) is 0 Å². The van der Waals surface area contributed by atoms with Crippen molar-refractivity contribution in [1.29, 1.82) is 0 Å². The van der Waals surface area contributed by atoms with E-state index in [9.17, 15) is 4.79 Å². The Morgan fingerprint density at radius 3 is 3.10 bits per heavy atom. The van der Waals surface area contributed by atoms with E-state index in [1.165, 1.54) is 35.9 Å². The molecule has 0 amide bonds. The Morgan fingerprint density at radius 2 is 2.25 bits per heavy atom. The Hall–Kier alpha value is -0.890. The average molecular weight is 310 g/mol. The van der Waals surface area contributed by atoms with Crippen LogP contribution in [0.5, 0.6) is 0 Å². The number of thioether (sulfide) groups is 1. The quantitative estimate of drug-likeness (QED) is 0.811. The maximum atomic E-state index is 11.8. The zero-order valence-electron chi connectivity index (χ0n) is 11.2. The SMILES string of the molecule is O=c1[nH]c(CNCCN2CCSCC2)nc2ccsc12. The molecule has 0 unspecified atom stereocenters. The number of nitrogens with zero attached hydrogens (tertiary/aromatic N) is 2. The van der Waals surface area contributed by atoms with Crippen molar-refractivity contribution in [1.82, 2.24) is 20.2 Å². The second kappa shape index (κ2) is 6.71. The largest absolute Gasteiger partial charge is 0.309 e. The van der Waals surface area contributed by atoms with Gasteiger partial charge in [0.1, 0.15) is 10.5 Å². The van der Waals surface area contributed by atoms with Gasteiger partial charge in [0.25, 0.3) is 5.56 Å². The Bertz CT molecular complexity index is 618. The molecule has 3 rings (SSSR count). The van der Waals surface area contributed by atoms with Gasteiger partial charge in [0.05, 0.1) is 12.1 Å². The number of thiophene rings is 1. The summed E-state index contributed by atoms with van der Waals surface area (Å²) in [4.78, 5) is 21.6. The van der Waals surface area contributed by atoms with E-state index in [0.717, 1.165) is 24.4 Å². The highest BCUT2D eigenvalue weighted by atomic mass is 32.2. The summed E-state index contributed by atoms with van der Waals surface area (Å²) in [6.07, 6.45) is 0. The standard InChI is InChI=1S/C13H18N4OS2/c18-13-12-10(1-6-20-12)15-11(16-13)9-14-2-3-17-4-7-19-8-5-17/h1,6,14H,2-5,7-9H2,(H,15,16,18). The van der Waals surface area contributed by atoms with Crippen molar-refractivity contribution in [2.24, 2.45) is 0 Å². The van der Waals surface area contributed by atoms with Gasteiger partial charge in [-0.25, -0.2) is 4.98 Å². The lowest BCUT2D eigenvalue weighted by atomic mass is 10.4. The molecule has 1 aliphatic heterocycles. The van der Waals surface area contributed by atoms with Gasteiger partial charge >= 0.3 is 0 Å². The third kappa shape index (κ3) is 3.41. The maximum Gasteiger partial charge on any atom is 0.268 e. The average Bonchev–Trinajstić information content (AvgIpc) is 2.94. The number of rotatable bonds is 5. The highest BCUT2D eigenvalue weighted by Crippen LogP contribution is 2.13. The van der Waals surface area contributed by atoms with E-state index in [-0.39, 0.29) is 5.56 Å². The van der Waals surface area contributed by atoms with Crippen LogP contribution in [0.3, 0.4) is 0 Å². The third-order valence-corrected chi connectivity index (χ3v) is 5.21. The number of hydrogen-bond acceptors (Lipinski definition) is 6. The van der Waals surface area contributed by atoms with E-state index >= 15 is 0 Å². The van der Waals surface area contributed by atoms with Gasteiger partial charge in [-0.05, 0) is 11.4 Å². The van der Waals surface area contributed by atoms with Gasteiger partial charge in [-0.2, -0.15) is 11.8 Å². The Balaban J connectivity index is 1.50. The van der Waals surface area contributed by atoms with Gasteiger partial charge in [-0.3, -0.25) is 4.79 Å². The highest BCUT2D eigenvalue weighted by Gasteiger charge is 2.09. The Kier molecular flexibility index (Phi) is 4.72. The molecule has 1 saturated heterocycles. The van der Waals surface area contributed by atoms with Crippen LogP contribution in [0.15, 0.2) is 16.2 Å². The van der Waals surface area contributed by atoms with Gasteiger partial charge in [0, 0.05) is 37.7 Å². The molecule has 2 N–H and O–H groups in total. The molecule has 0 spiro atoms. The summed E-state index contributed by atoms with van der Waals surface area (Å²) in [5, 5.41) is 5.26. The van der Waals surface area contributed by atoms with Gasteiger partial charge in [-0.1, -0.05) is 0 Å². The van der Waals surface area contributed by atoms with Crippen LogP contribution in [-0.4, -0.2) is 52.6 Å². The second-order valence-corrected chi connectivity index (χ2v) is 6.92. The molecule has 1 fully saturated rings. The van der Waals surface area contributed by atoms with Crippen molar-refractivity contribution < 1.29 is 0 Å². The van der Waals surface area contributed by atoms with Crippen LogP contribution in [-0.2, 0) is 6.54 Å². The molecule has 3 heterocycles. The molecule has 0 radical (unpaired) electrons. The summed E-state index contributed by atoms with van der Waals surface area (Å²) in [6.45, 7) is 4.97. The minimum absolute atomic E-state index is 0.0325. The first-order valence-corrected chi connectivity index (χ1v) is 8.83. The molecular weight excluding hydrogens is 292 g/mol. The fourth-order valence-corrected chi connectivity index (χ4v) is 3.98. The van der Waals surface area contributed by atoms with Crippen molar-refractivity contribution in [3.63, 3.8) is 0 Å². The summed E-state index contributed by atoms with van der Waals surface area (Å²) in [6, 6.07) is 1.89. The molecule has 0 bridgehead atoms. The fourth-order valence-electron chi connectivity index (χ4n) is 2.27. The molecule has 20 heavy (non-hydrogen) atoms. The first-order chi connectivity index (χ1) is 9.83. The Labute approximate surface area is 125 Å². The number of aromatic nitrogens is 2. The molecule has 2 aromatic heterocycles. The van der Waals surface area contributed by atoms with Crippen LogP contribution in [0.25, 0.3) is 10.2 Å². The maximum absolute atomic E-state index is 11.8. The molecule has 1 aliphatic rings. The predicted octanol–water partition coefficient (Wildman–Crippen LogP) is 1.12. The Morgan fingerprint density at radius 1 is 1.40 bits per heavy atom. The van der Waals surface area contributed by atoms with E-state index in [1.807, 2.05) is 23.2 Å². The number of aromatic amines is 1. The lowest BCUT2D eigenvalue weighted by Crippen LogP contribution is -2.37. The minimum Gasteiger partial charge on any atom is -0.309 e. The summed E-state index contributed by atoms with van der Waals surface area (Å²) in [7, 11) is 0. The van der Waals surface area contributed by atoms with Gasteiger partial charge in [0.15, 0.2) is 0 Å². The molecule has 0 atom stereocenters. The predicted molar refractivity (Wildman–Crippen MR) is 85.7 cm³/mol. The number of hydrogen-bond donors (Lipinski definition) is 2. The number of nitrogens with one attached hydrogen (secondary N) is 2. The minimum atomic E-state index is -0.0325. The van der Waals surface area contributed by atoms with E-state index in [2.05, 4.69) is 20.2 Å². The third-order valence-electron chi connectivity index (χ3n) is 3.36. The summed E-state index contributed by atoms with van der Waals surface area (Å²) < 4.78 is 0.708. The van der Waals surface area contributed by atoms with E-state index in [1.54, 1.807) is 0 Å². The summed E-state index contributed by atoms with van der Waals surface area (Å²) in [5.41, 5.74) is 0.762.